The molecule has 166 valence electrons. The van der Waals surface area contributed by atoms with Gasteiger partial charge < -0.3 is 10.0 Å². The zero-order valence-electron chi connectivity index (χ0n) is 17.2. The summed E-state index contributed by atoms with van der Waals surface area (Å²) in [6.07, 6.45) is -1.92. The normalized spacial score (nSPS) is 23.7. The number of carbonyl (C=O) groups is 1. The van der Waals surface area contributed by atoms with Crippen molar-refractivity contribution in [3.63, 3.8) is 0 Å². The second kappa shape index (κ2) is 7.47. The summed E-state index contributed by atoms with van der Waals surface area (Å²) in [7, 11) is 1.29. The summed E-state index contributed by atoms with van der Waals surface area (Å²) in [5, 5.41) is 13.8. The molecule has 1 aromatic carbocycles. The molecule has 3 atom stereocenters. The Hall–Kier alpha value is -2.68. The van der Waals surface area contributed by atoms with Gasteiger partial charge in [-0.05, 0) is 55.2 Å². The first kappa shape index (κ1) is 21.5. The van der Waals surface area contributed by atoms with Gasteiger partial charge >= 0.3 is 6.18 Å². The number of carbonyl (C=O) groups excluding carboxylic acids is 1. The fourth-order valence-electron chi connectivity index (χ4n) is 4.75. The zero-order chi connectivity index (χ0) is 22.6. The maximum atomic E-state index is 13.3. The standard InChI is InChI=1S/C22H23F4N3O2/c1-21-10-13-11-27-29(16-6-4-15(23)5-7-16)18(13)9-14(21)3-8-17(21)20(31)28(2)12-19(30)22(24,25)26/h4-7,9,11,17,19,30H,3,8,10,12H2,1-2H3/t17-,19?,21+/m1/s1. The number of aliphatic hydroxyl groups is 1. The molecule has 2 aliphatic carbocycles. The van der Waals surface area contributed by atoms with Crippen molar-refractivity contribution in [2.45, 2.75) is 38.5 Å². The number of halogens is 4. The van der Waals surface area contributed by atoms with Gasteiger partial charge in [-0.2, -0.15) is 18.3 Å². The number of hydrogen-bond donors (Lipinski definition) is 1. The molecule has 5 nitrogen and oxygen atoms in total. The van der Waals surface area contributed by atoms with Gasteiger partial charge in [-0.25, -0.2) is 9.07 Å². The van der Waals surface area contributed by atoms with E-state index in [9.17, 15) is 27.5 Å². The third-order valence-electron chi connectivity index (χ3n) is 6.53. The topological polar surface area (TPSA) is 58.4 Å². The Morgan fingerprint density at radius 3 is 2.68 bits per heavy atom. The van der Waals surface area contributed by atoms with Gasteiger partial charge in [0, 0.05) is 18.4 Å². The van der Waals surface area contributed by atoms with E-state index in [1.807, 2.05) is 13.0 Å². The number of fused-ring (bicyclic) bond motifs is 2. The number of likely N-dealkylation sites (N-methyl/N-ethyl adjacent to an activating group) is 1. The molecule has 1 saturated carbocycles. The molecule has 1 heterocycles. The third kappa shape index (κ3) is 3.75. The summed E-state index contributed by atoms with van der Waals surface area (Å²) in [5.41, 5.74) is 3.03. The molecule has 2 aromatic rings. The summed E-state index contributed by atoms with van der Waals surface area (Å²) in [5.74, 6) is -1.22. The molecule has 0 spiro atoms. The molecule has 0 radical (unpaired) electrons. The van der Waals surface area contributed by atoms with Crippen molar-refractivity contribution >= 4 is 12.0 Å². The maximum absolute atomic E-state index is 13.3. The second-order valence-electron chi connectivity index (χ2n) is 8.57. The van der Waals surface area contributed by atoms with Crippen LogP contribution in [-0.4, -0.2) is 51.6 Å². The minimum absolute atomic E-state index is 0.340. The zero-order valence-corrected chi connectivity index (χ0v) is 17.2. The van der Waals surface area contributed by atoms with Gasteiger partial charge in [0.15, 0.2) is 6.10 Å². The summed E-state index contributed by atoms with van der Waals surface area (Å²) >= 11 is 0. The van der Waals surface area contributed by atoms with E-state index in [4.69, 9.17) is 0 Å². The number of allylic oxidation sites excluding steroid dienone is 1. The minimum atomic E-state index is -4.77. The Morgan fingerprint density at radius 2 is 2.03 bits per heavy atom. The van der Waals surface area contributed by atoms with E-state index in [1.165, 1.54) is 19.2 Å². The summed E-state index contributed by atoms with van der Waals surface area (Å²) in [6.45, 7) is 1.17. The van der Waals surface area contributed by atoms with E-state index >= 15 is 0 Å². The van der Waals surface area contributed by atoms with Gasteiger partial charge in [0.1, 0.15) is 5.82 Å². The SMILES string of the molecule is CN(CC(O)C(F)(F)F)C(=O)[C@H]1CCC2=Cc3c(cnn3-c3ccc(F)cc3)C[C@@]21C. The molecule has 1 unspecified atom stereocenters. The lowest BCUT2D eigenvalue weighted by atomic mass is 9.69. The second-order valence-corrected chi connectivity index (χ2v) is 8.57. The predicted octanol–water partition coefficient (Wildman–Crippen LogP) is 3.75. The van der Waals surface area contributed by atoms with Gasteiger partial charge in [0.05, 0.1) is 24.1 Å². The quantitative estimate of drug-likeness (QED) is 0.742. The Morgan fingerprint density at radius 1 is 1.35 bits per heavy atom. The van der Waals surface area contributed by atoms with Crippen LogP contribution in [-0.2, 0) is 11.2 Å². The van der Waals surface area contributed by atoms with Gasteiger partial charge in [0.2, 0.25) is 5.91 Å². The molecule has 31 heavy (non-hydrogen) atoms. The monoisotopic (exact) mass is 437 g/mol. The first-order valence-corrected chi connectivity index (χ1v) is 10.0. The molecule has 0 bridgehead atoms. The highest BCUT2D eigenvalue weighted by atomic mass is 19.4. The van der Waals surface area contributed by atoms with Crippen molar-refractivity contribution < 1.29 is 27.5 Å². The Labute approximate surface area is 177 Å². The van der Waals surface area contributed by atoms with E-state index in [-0.39, 0.29) is 5.82 Å². The van der Waals surface area contributed by atoms with Crippen LogP contribution in [0.15, 0.2) is 36.0 Å². The lowest BCUT2D eigenvalue weighted by molar-refractivity contribution is -0.208. The van der Waals surface area contributed by atoms with Crippen LogP contribution in [0.2, 0.25) is 0 Å². The largest absolute Gasteiger partial charge is 0.416 e. The molecule has 1 N–H and O–H groups in total. The van der Waals surface area contributed by atoms with E-state index in [1.54, 1.807) is 23.0 Å². The predicted molar refractivity (Wildman–Crippen MR) is 106 cm³/mol. The van der Waals surface area contributed by atoms with E-state index < -0.39 is 36.1 Å². The van der Waals surface area contributed by atoms with Crippen LogP contribution in [0.3, 0.4) is 0 Å². The van der Waals surface area contributed by atoms with Crippen molar-refractivity contribution in [2.24, 2.45) is 11.3 Å². The van der Waals surface area contributed by atoms with Gasteiger partial charge in [-0.1, -0.05) is 12.5 Å². The van der Waals surface area contributed by atoms with Gasteiger partial charge in [0.25, 0.3) is 0 Å². The Kier molecular flexibility index (Phi) is 5.20. The smallest absolute Gasteiger partial charge is 0.382 e. The fourth-order valence-corrected chi connectivity index (χ4v) is 4.75. The van der Waals surface area contributed by atoms with Crippen LogP contribution >= 0.6 is 0 Å². The lowest BCUT2D eigenvalue weighted by Gasteiger charge is -2.37. The molecule has 4 rings (SSSR count). The minimum Gasteiger partial charge on any atom is -0.382 e. The van der Waals surface area contributed by atoms with Crippen LogP contribution in [0.4, 0.5) is 17.6 Å². The van der Waals surface area contributed by atoms with Crippen LogP contribution in [0, 0.1) is 17.2 Å². The van der Waals surface area contributed by atoms with E-state index in [0.29, 0.717) is 19.3 Å². The van der Waals surface area contributed by atoms with Crippen molar-refractivity contribution in [2.75, 3.05) is 13.6 Å². The highest BCUT2D eigenvalue weighted by molar-refractivity contribution is 5.82. The van der Waals surface area contributed by atoms with Crippen LogP contribution in [0.5, 0.6) is 0 Å². The third-order valence-corrected chi connectivity index (χ3v) is 6.53. The number of aromatic nitrogens is 2. The average Bonchev–Trinajstić information content (AvgIpc) is 3.24. The fraction of sp³-hybridized carbons (Fsp3) is 0.455. The number of amides is 1. The number of nitrogens with zero attached hydrogens (tertiary/aromatic N) is 3. The first-order chi connectivity index (χ1) is 14.5. The number of alkyl halides is 3. The molecular formula is C22H23F4N3O2. The molecule has 2 aliphatic rings. The highest BCUT2D eigenvalue weighted by Crippen LogP contribution is 2.53. The molecule has 9 heteroatoms. The summed E-state index contributed by atoms with van der Waals surface area (Å²) < 4.78 is 53.1. The van der Waals surface area contributed by atoms with Crippen LogP contribution in [0.1, 0.15) is 31.0 Å². The number of benzene rings is 1. The average molecular weight is 437 g/mol. The molecular weight excluding hydrogens is 414 g/mol. The highest BCUT2D eigenvalue weighted by Gasteiger charge is 2.50. The molecule has 0 aliphatic heterocycles. The summed E-state index contributed by atoms with van der Waals surface area (Å²) in [6, 6.07) is 5.99. The van der Waals surface area contributed by atoms with Crippen LogP contribution < -0.4 is 0 Å². The molecule has 1 aromatic heterocycles. The van der Waals surface area contributed by atoms with Crippen molar-refractivity contribution in [3.8, 4) is 5.69 Å². The molecule has 1 amide bonds. The summed E-state index contributed by atoms with van der Waals surface area (Å²) in [4.78, 5) is 14.0. The maximum Gasteiger partial charge on any atom is 0.416 e. The van der Waals surface area contributed by atoms with Crippen molar-refractivity contribution in [1.29, 1.82) is 0 Å². The first-order valence-electron chi connectivity index (χ1n) is 10.0. The van der Waals surface area contributed by atoms with Gasteiger partial charge in [-0.15, -0.1) is 0 Å². The Bertz CT molecular complexity index is 1030. The number of rotatable bonds is 4. The number of hydrogen-bond acceptors (Lipinski definition) is 3. The number of aliphatic hydroxyl groups excluding tert-OH is 1. The van der Waals surface area contributed by atoms with Crippen LogP contribution in [0.25, 0.3) is 11.8 Å². The molecule has 1 fully saturated rings. The molecule has 0 saturated heterocycles. The van der Waals surface area contributed by atoms with E-state index in [2.05, 4.69) is 5.10 Å². The van der Waals surface area contributed by atoms with Gasteiger partial charge in [-0.3, -0.25) is 4.79 Å². The Balaban J connectivity index is 1.58. The lowest BCUT2D eigenvalue weighted by Crippen LogP contribution is -2.46. The van der Waals surface area contributed by atoms with Crippen molar-refractivity contribution in [1.82, 2.24) is 14.7 Å². The van der Waals surface area contributed by atoms with Crippen molar-refractivity contribution in [3.05, 3.63) is 53.1 Å². The van der Waals surface area contributed by atoms with E-state index in [0.717, 1.165) is 27.4 Å².